The first-order valence-electron chi connectivity index (χ1n) is 6.59. The van der Waals surface area contributed by atoms with Gasteiger partial charge in [0, 0.05) is 12.1 Å². The maximum atomic E-state index is 5.77. The smallest absolute Gasteiger partial charge is 0.148 e. The Kier molecular flexibility index (Phi) is 3.39. The van der Waals surface area contributed by atoms with Crippen LogP contribution in [0.15, 0.2) is 30.6 Å². The second-order valence-electron chi connectivity index (χ2n) is 4.64. The topological polar surface area (TPSA) is 76.3 Å². The average Bonchev–Trinajstić information content (AvgIpc) is 2.70. The molecule has 1 aromatic carbocycles. The van der Waals surface area contributed by atoms with Crippen molar-refractivity contribution < 1.29 is 4.74 Å². The molecule has 2 heterocycles. The van der Waals surface area contributed by atoms with Crippen molar-refractivity contribution in [2.24, 2.45) is 5.84 Å². The van der Waals surface area contributed by atoms with E-state index in [2.05, 4.69) is 20.3 Å². The Labute approximate surface area is 117 Å². The molecule has 6 heteroatoms. The summed E-state index contributed by atoms with van der Waals surface area (Å²) in [6, 6.07) is 7.99. The second-order valence-corrected chi connectivity index (χ2v) is 4.64. The Balaban J connectivity index is 2.10. The highest BCUT2D eigenvalue weighted by Gasteiger charge is 2.21. The quantitative estimate of drug-likeness (QED) is 0.642. The van der Waals surface area contributed by atoms with Gasteiger partial charge in [0.15, 0.2) is 0 Å². The molecule has 6 nitrogen and oxygen atoms in total. The minimum absolute atomic E-state index is 0.637. The minimum Gasteiger partial charge on any atom is -0.491 e. The zero-order valence-corrected chi connectivity index (χ0v) is 11.3. The molecule has 0 spiro atoms. The molecular weight excluding hydrogens is 254 g/mol. The number of hydrogen-bond donors (Lipinski definition) is 2. The highest BCUT2D eigenvalue weighted by Crippen LogP contribution is 2.36. The predicted molar refractivity (Wildman–Crippen MR) is 78.1 cm³/mol. The van der Waals surface area contributed by atoms with Crippen LogP contribution in [-0.4, -0.2) is 23.1 Å². The van der Waals surface area contributed by atoms with Gasteiger partial charge in [-0.05, 0) is 25.5 Å². The lowest BCUT2D eigenvalue weighted by atomic mass is 10.2. The Morgan fingerprint density at radius 3 is 3.00 bits per heavy atom. The van der Waals surface area contributed by atoms with Crippen LogP contribution in [0.3, 0.4) is 0 Å². The first-order valence-corrected chi connectivity index (χ1v) is 6.59. The maximum absolute atomic E-state index is 5.77. The Morgan fingerprint density at radius 1 is 1.30 bits per heavy atom. The fourth-order valence-electron chi connectivity index (χ4n) is 2.41. The summed E-state index contributed by atoms with van der Waals surface area (Å²) >= 11 is 0. The molecule has 0 fully saturated rings. The normalized spacial score (nSPS) is 14.2. The summed E-state index contributed by atoms with van der Waals surface area (Å²) in [6.45, 7) is 3.51. The Hall–Kier alpha value is -2.34. The van der Waals surface area contributed by atoms with Gasteiger partial charge in [0.1, 0.15) is 23.7 Å². The van der Waals surface area contributed by atoms with Crippen molar-refractivity contribution >= 4 is 17.3 Å². The first-order chi connectivity index (χ1) is 9.81. The molecule has 0 radical (unpaired) electrons. The van der Waals surface area contributed by atoms with Gasteiger partial charge in [-0.15, -0.1) is 0 Å². The molecule has 1 aliphatic rings. The van der Waals surface area contributed by atoms with E-state index in [0.29, 0.717) is 12.4 Å². The third-order valence-electron chi connectivity index (χ3n) is 3.39. The second kappa shape index (κ2) is 5.34. The zero-order valence-electron chi connectivity index (χ0n) is 11.3. The summed E-state index contributed by atoms with van der Waals surface area (Å²) in [5, 5.41) is 0. The number of nitrogens with two attached hydrogens (primary N) is 1. The molecule has 0 atom stereocenters. The molecule has 0 amide bonds. The molecule has 0 bridgehead atoms. The lowest BCUT2D eigenvalue weighted by Crippen LogP contribution is -2.21. The fraction of sp³-hybridized carbons (Fsp3) is 0.286. The van der Waals surface area contributed by atoms with Gasteiger partial charge in [0.2, 0.25) is 0 Å². The van der Waals surface area contributed by atoms with Crippen molar-refractivity contribution in [3.63, 3.8) is 0 Å². The van der Waals surface area contributed by atoms with Crippen molar-refractivity contribution in [3.8, 4) is 5.75 Å². The molecule has 2 aromatic rings. The van der Waals surface area contributed by atoms with Gasteiger partial charge < -0.3 is 15.1 Å². The van der Waals surface area contributed by atoms with Crippen molar-refractivity contribution in [3.05, 3.63) is 36.2 Å². The number of nitrogens with one attached hydrogen (secondary N) is 1. The Bertz CT molecular complexity index is 616. The highest BCUT2D eigenvalue weighted by atomic mass is 16.5. The number of hydrogen-bond acceptors (Lipinski definition) is 6. The molecule has 1 aliphatic heterocycles. The minimum atomic E-state index is 0.637. The van der Waals surface area contributed by atoms with Gasteiger partial charge in [-0.1, -0.05) is 12.1 Å². The van der Waals surface area contributed by atoms with Crippen molar-refractivity contribution in [2.45, 2.75) is 13.3 Å². The van der Waals surface area contributed by atoms with E-state index in [9.17, 15) is 0 Å². The SMILES string of the molecule is Cc1c(NN)ncnc1N1CCCOc2ccccc21. The van der Waals surface area contributed by atoms with Gasteiger partial charge in [-0.25, -0.2) is 15.8 Å². The largest absolute Gasteiger partial charge is 0.491 e. The number of rotatable bonds is 2. The van der Waals surface area contributed by atoms with Gasteiger partial charge in [-0.3, -0.25) is 0 Å². The summed E-state index contributed by atoms with van der Waals surface area (Å²) in [4.78, 5) is 10.7. The van der Waals surface area contributed by atoms with Crippen LogP contribution in [0.1, 0.15) is 12.0 Å². The van der Waals surface area contributed by atoms with Crippen molar-refractivity contribution in [2.75, 3.05) is 23.5 Å². The van der Waals surface area contributed by atoms with E-state index < -0.39 is 0 Å². The number of fused-ring (bicyclic) bond motifs is 1. The van der Waals surface area contributed by atoms with Gasteiger partial charge in [0.25, 0.3) is 0 Å². The summed E-state index contributed by atoms with van der Waals surface area (Å²) in [5.41, 5.74) is 4.55. The summed E-state index contributed by atoms with van der Waals surface area (Å²) in [5.74, 6) is 7.86. The number of anilines is 3. The van der Waals surface area contributed by atoms with E-state index in [1.807, 2.05) is 31.2 Å². The van der Waals surface area contributed by atoms with Crippen LogP contribution in [0.5, 0.6) is 5.75 Å². The lowest BCUT2D eigenvalue weighted by molar-refractivity contribution is 0.322. The molecule has 3 rings (SSSR count). The third-order valence-corrected chi connectivity index (χ3v) is 3.39. The van der Waals surface area contributed by atoms with Crippen LogP contribution >= 0.6 is 0 Å². The molecule has 0 unspecified atom stereocenters. The predicted octanol–water partition coefficient (Wildman–Crippen LogP) is 1.99. The van der Waals surface area contributed by atoms with E-state index in [-0.39, 0.29) is 0 Å². The average molecular weight is 271 g/mol. The molecule has 20 heavy (non-hydrogen) atoms. The molecule has 104 valence electrons. The monoisotopic (exact) mass is 271 g/mol. The zero-order chi connectivity index (χ0) is 13.9. The summed E-state index contributed by atoms with van der Waals surface area (Å²) < 4.78 is 5.77. The van der Waals surface area contributed by atoms with Crippen molar-refractivity contribution in [1.29, 1.82) is 0 Å². The van der Waals surface area contributed by atoms with Crippen LogP contribution < -0.4 is 20.9 Å². The van der Waals surface area contributed by atoms with Gasteiger partial charge >= 0.3 is 0 Å². The highest BCUT2D eigenvalue weighted by molar-refractivity contribution is 5.71. The third kappa shape index (κ3) is 2.14. The molecule has 0 saturated heterocycles. The molecule has 1 aromatic heterocycles. The van der Waals surface area contributed by atoms with Gasteiger partial charge in [0.05, 0.1) is 12.3 Å². The number of hydrazine groups is 1. The lowest BCUT2D eigenvalue weighted by Gasteiger charge is -2.24. The molecule has 0 saturated carbocycles. The van der Waals surface area contributed by atoms with Crippen LogP contribution in [-0.2, 0) is 0 Å². The number of nitrogens with zero attached hydrogens (tertiary/aromatic N) is 3. The summed E-state index contributed by atoms with van der Waals surface area (Å²) in [6.07, 6.45) is 2.45. The summed E-state index contributed by atoms with van der Waals surface area (Å²) in [7, 11) is 0. The van der Waals surface area contributed by atoms with Crippen LogP contribution in [0.25, 0.3) is 0 Å². The van der Waals surface area contributed by atoms with E-state index in [0.717, 1.165) is 35.8 Å². The van der Waals surface area contributed by atoms with Crippen LogP contribution in [0.2, 0.25) is 0 Å². The van der Waals surface area contributed by atoms with Crippen LogP contribution in [0.4, 0.5) is 17.3 Å². The van der Waals surface area contributed by atoms with Crippen molar-refractivity contribution in [1.82, 2.24) is 9.97 Å². The number of ether oxygens (including phenoxy) is 1. The molecular formula is C14H17N5O. The fourth-order valence-corrected chi connectivity index (χ4v) is 2.41. The van der Waals surface area contributed by atoms with E-state index in [1.54, 1.807) is 0 Å². The van der Waals surface area contributed by atoms with E-state index in [4.69, 9.17) is 10.6 Å². The molecule has 3 N–H and O–H groups in total. The van der Waals surface area contributed by atoms with Gasteiger partial charge in [-0.2, -0.15) is 0 Å². The maximum Gasteiger partial charge on any atom is 0.148 e. The first kappa shape index (κ1) is 12.7. The Morgan fingerprint density at radius 2 is 2.15 bits per heavy atom. The number of benzene rings is 1. The number of nitrogen functional groups attached to an aromatic ring is 1. The number of para-hydroxylation sites is 2. The van der Waals surface area contributed by atoms with Crippen LogP contribution in [0, 0.1) is 6.92 Å². The standard InChI is InChI=1S/C14H17N5O/c1-10-13(18-15)16-9-17-14(10)19-7-4-8-20-12-6-3-2-5-11(12)19/h2-3,5-6,9H,4,7-8,15H2,1H3,(H,16,17,18). The number of aromatic nitrogens is 2. The molecule has 0 aliphatic carbocycles. The van der Waals surface area contributed by atoms with E-state index in [1.165, 1.54) is 6.33 Å². The van der Waals surface area contributed by atoms with E-state index >= 15 is 0 Å².